The van der Waals surface area contributed by atoms with Crippen molar-refractivity contribution in [2.75, 3.05) is 16.8 Å². The van der Waals surface area contributed by atoms with Gasteiger partial charge in [0.05, 0.1) is 16.3 Å². The number of nitrogens with two attached hydrogens (primary N) is 2. The summed E-state index contributed by atoms with van der Waals surface area (Å²) < 4.78 is 0. The number of carbonyl (C=O) groups excluding carboxylic acids is 1. The van der Waals surface area contributed by atoms with Crippen LogP contribution < -0.4 is 16.8 Å². The second kappa shape index (κ2) is 6.59. The van der Waals surface area contributed by atoms with Gasteiger partial charge in [0, 0.05) is 17.0 Å². The van der Waals surface area contributed by atoms with E-state index in [0.29, 0.717) is 33.3 Å². The first-order chi connectivity index (χ1) is 9.52. The molecule has 0 saturated heterocycles. The molecule has 0 radical (unpaired) electrons. The van der Waals surface area contributed by atoms with Gasteiger partial charge in [0.2, 0.25) is 0 Å². The molecule has 0 heterocycles. The second-order valence-corrected chi connectivity index (χ2v) is 6.89. The lowest BCUT2D eigenvalue weighted by Gasteiger charge is -2.23. The Bertz CT molecular complexity index is 509. The summed E-state index contributed by atoms with van der Waals surface area (Å²) in [6.07, 6.45) is 3.46. The van der Waals surface area contributed by atoms with Crippen molar-refractivity contribution in [3.05, 3.63) is 22.7 Å². The molecule has 2 unspecified atom stereocenters. The summed E-state index contributed by atoms with van der Waals surface area (Å²) in [5.74, 6) is 0.570. The van der Waals surface area contributed by atoms with Crippen LogP contribution in [0.5, 0.6) is 0 Å². The van der Waals surface area contributed by atoms with Crippen LogP contribution in [0.25, 0.3) is 0 Å². The summed E-state index contributed by atoms with van der Waals surface area (Å²) in [5.41, 5.74) is 12.6. The molecule has 1 saturated carbocycles. The quantitative estimate of drug-likeness (QED) is 0.730. The second-order valence-electron chi connectivity index (χ2n) is 4.97. The van der Waals surface area contributed by atoms with E-state index in [9.17, 15) is 4.79 Å². The Labute approximate surface area is 128 Å². The van der Waals surface area contributed by atoms with Crippen LogP contribution in [0.3, 0.4) is 0 Å². The van der Waals surface area contributed by atoms with E-state index in [2.05, 4.69) is 12.2 Å². The fraction of sp³-hybridized carbons (Fsp3) is 0.500. The van der Waals surface area contributed by atoms with Crippen molar-refractivity contribution in [1.82, 2.24) is 0 Å². The van der Waals surface area contributed by atoms with Gasteiger partial charge in [0.15, 0.2) is 0 Å². The zero-order valence-corrected chi connectivity index (χ0v) is 13.1. The highest BCUT2D eigenvalue weighted by atomic mass is 35.5. The first-order valence-corrected chi connectivity index (χ1v) is 8.22. The first-order valence-electron chi connectivity index (χ1n) is 6.80. The lowest BCUT2D eigenvalue weighted by molar-refractivity contribution is 0.100. The van der Waals surface area contributed by atoms with E-state index in [1.54, 1.807) is 12.1 Å². The Hall–Kier alpha value is -1.07. The SMILES string of the molecule is CCSC1CCCC1Nc1c(Cl)cc(N)cc1C(N)=O. The van der Waals surface area contributed by atoms with Crippen LogP contribution in [-0.4, -0.2) is 23.0 Å². The predicted octanol–water partition coefficient (Wildman–Crippen LogP) is 3.11. The Kier molecular flexibility index (Phi) is 5.05. The molecule has 1 aliphatic rings. The van der Waals surface area contributed by atoms with Crippen molar-refractivity contribution in [2.24, 2.45) is 5.73 Å². The Balaban J connectivity index is 2.26. The van der Waals surface area contributed by atoms with E-state index >= 15 is 0 Å². The highest BCUT2D eigenvalue weighted by molar-refractivity contribution is 7.99. The molecule has 20 heavy (non-hydrogen) atoms. The monoisotopic (exact) mass is 313 g/mol. The average molecular weight is 314 g/mol. The summed E-state index contributed by atoms with van der Waals surface area (Å²) in [4.78, 5) is 11.6. The molecule has 1 aromatic carbocycles. The Morgan fingerprint density at radius 1 is 1.50 bits per heavy atom. The van der Waals surface area contributed by atoms with Crippen LogP contribution in [0.15, 0.2) is 12.1 Å². The van der Waals surface area contributed by atoms with Gasteiger partial charge in [-0.15, -0.1) is 0 Å². The van der Waals surface area contributed by atoms with Crippen molar-refractivity contribution >= 4 is 40.6 Å². The van der Waals surface area contributed by atoms with Gasteiger partial charge in [-0.25, -0.2) is 0 Å². The van der Waals surface area contributed by atoms with E-state index in [1.165, 1.54) is 12.8 Å². The normalized spacial score (nSPS) is 21.9. The molecule has 2 atom stereocenters. The Morgan fingerprint density at radius 2 is 2.25 bits per heavy atom. The van der Waals surface area contributed by atoms with Gasteiger partial charge >= 0.3 is 0 Å². The molecule has 5 N–H and O–H groups in total. The van der Waals surface area contributed by atoms with E-state index in [1.807, 2.05) is 11.8 Å². The minimum Gasteiger partial charge on any atom is -0.399 e. The molecule has 1 amide bonds. The number of halogens is 1. The van der Waals surface area contributed by atoms with Gasteiger partial charge in [-0.05, 0) is 30.7 Å². The highest BCUT2D eigenvalue weighted by Gasteiger charge is 2.28. The third-order valence-corrected chi connectivity index (χ3v) is 5.16. The number of hydrogen-bond acceptors (Lipinski definition) is 4. The maximum Gasteiger partial charge on any atom is 0.250 e. The molecule has 0 aromatic heterocycles. The van der Waals surface area contributed by atoms with Crippen LogP contribution in [-0.2, 0) is 0 Å². The van der Waals surface area contributed by atoms with Crippen LogP contribution >= 0.6 is 23.4 Å². The minimum absolute atomic E-state index is 0.319. The molecule has 1 fully saturated rings. The van der Waals surface area contributed by atoms with Crippen molar-refractivity contribution in [2.45, 2.75) is 37.5 Å². The lowest BCUT2D eigenvalue weighted by Crippen LogP contribution is -2.28. The molecule has 6 heteroatoms. The Morgan fingerprint density at radius 3 is 2.90 bits per heavy atom. The van der Waals surface area contributed by atoms with Crippen LogP contribution in [0.4, 0.5) is 11.4 Å². The van der Waals surface area contributed by atoms with Crippen LogP contribution in [0.2, 0.25) is 5.02 Å². The maximum atomic E-state index is 11.6. The zero-order chi connectivity index (χ0) is 14.7. The van der Waals surface area contributed by atoms with E-state index in [-0.39, 0.29) is 0 Å². The average Bonchev–Trinajstić information content (AvgIpc) is 2.80. The number of nitrogen functional groups attached to an aromatic ring is 1. The fourth-order valence-corrected chi connectivity index (χ4v) is 4.14. The summed E-state index contributed by atoms with van der Waals surface area (Å²) in [6, 6.07) is 3.54. The van der Waals surface area contributed by atoms with Gasteiger partial charge in [-0.3, -0.25) is 4.79 Å². The molecular weight excluding hydrogens is 294 g/mol. The van der Waals surface area contributed by atoms with Crippen molar-refractivity contribution < 1.29 is 4.79 Å². The number of benzene rings is 1. The minimum atomic E-state index is -0.514. The first kappa shape index (κ1) is 15.3. The molecule has 0 aliphatic heterocycles. The molecule has 110 valence electrons. The molecule has 0 bridgehead atoms. The highest BCUT2D eigenvalue weighted by Crippen LogP contribution is 2.36. The van der Waals surface area contributed by atoms with Gasteiger partial charge in [0.1, 0.15) is 0 Å². The summed E-state index contributed by atoms with van der Waals surface area (Å²) >= 11 is 8.17. The number of amides is 1. The van der Waals surface area contributed by atoms with Gasteiger partial charge in [-0.1, -0.05) is 24.9 Å². The smallest absolute Gasteiger partial charge is 0.250 e. The molecule has 4 nitrogen and oxygen atoms in total. The number of thioether (sulfide) groups is 1. The van der Waals surface area contributed by atoms with Crippen LogP contribution in [0.1, 0.15) is 36.5 Å². The lowest BCUT2D eigenvalue weighted by atomic mass is 10.1. The van der Waals surface area contributed by atoms with Crippen molar-refractivity contribution in [3.8, 4) is 0 Å². The van der Waals surface area contributed by atoms with Gasteiger partial charge in [0.25, 0.3) is 5.91 Å². The molecule has 1 aromatic rings. The third-order valence-electron chi connectivity index (χ3n) is 3.54. The number of nitrogens with one attached hydrogen (secondary N) is 1. The summed E-state index contributed by atoms with van der Waals surface area (Å²) in [7, 11) is 0. The largest absolute Gasteiger partial charge is 0.399 e. The number of carbonyl (C=O) groups is 1. The van der Waals surface area contributed by atoms with Gasteiger partial charge in [-0.2, -0.15) is 11.8 Å². The standard InChI is InChI=1S/C14H20ClN3OS/c1-2-20-12-5-3-4-11(12)18-13-9(14(17)19)6-8(16)7-10(13)15/h6-7,11-12,18H,2-5,16H2,1H3,(H2,17,19). The summed E-state index contributed by atoms with van der Waals surface area (Å²) in [5, 5.41) is 4.41. The fourth-order valence-electron chi connectivity index (χ4n) is 2.66. The number of primary amides is 1. The topological polar surface area (TPSA) is 81.1 Å². The molecule has 0 spiro atoms. The molecule has 1 aliphatic carbocycles. The van der Waals surface area contributed by atoms with Gasteiger partial charge < -0.3 is 16.8 Å². The number of hydrogen-bond donors (Lipinski definition) is 3. The predicted molar refractivity (Wildman–Crippen MR) is 87.6 cm³/mol. The van der Waals surface area contributed by atoms with E-state index in [0.717, 1.165) is 12.2 Å². The van der Waals surface area contributed by atoms with Crippen molar-refractivity contribution in [3.63, 3.8) is 0 Å². The third kappa shape index (κ3) is 3.33. The summed E-state index contributed by atoms with van der Waals surface area (Å²) in [6.45, 7) is 2.16. The van der Waals surface area contributed by atoms with Crippen LogP contribution in [0, 0.1) is 0 Å². The van der Waals surface area contributed by atoms with E-state index in [4.69, 9.17) is 23.1 Å². The zero-order valence-electron chi connectivity index (χ0n) is 11.5. The number of rotatable bonds is 5. The number of anilines is 2. The molecular formula is C14H20ClN3OS. The van der Waals surface area contributed by atoms with E-state index < -0.39 is 5.91 Å². The molecule has 2 rings (SSSR count). The van der Waals surface area contributed by atoms with Crippen molar-refractivity contribution in [1.29, 1.82) is 0 Å². The maximum absolute atomic E-state index is 11.6.